The molecule has 2 N–H and O–H groups in total. The normalized spacial score (nSPS) is 10.7. The molecular formula is C25H29N3O4S. The van der Waals surface area contributed by atoms with Crippen LogP contribution in [0.4, 0.5) is 5.69 Å². The van der Waals surface area contributed by atoms with Crippen LogP contribution in [0.5, 0.6) is 11.5 Å². The highest BCUT2D eigenvalue weighted by Crippen LogP contribution is 2.29. The number of nitrogens with zero attached hydrogens (tertiary/aromatic N) is 1. The number of carbonyl (C=O) groups excluding carboxylic acids is 2. The summed E-state index contributed by atoms with van der Waals surface area (Å²) >= 11 is 1.65. The second-order valence-electron chi connectivity index (χ2n) is 7.36. The van der Waals surface area contributed by atoms with Gasteiger partial charge >= 0.3 is 0 Å². The van der Waals surface area contributed by atoms with E-state index in [2.05, 4.69) is 10.6 Å². The van der Waals surface area contributed by atoms with Crippen molar-refractivity contribution >= 4 is 28.8 Å². The molecule has 8 heteroatoms. The van der Waals surface area contributed by atoms with Crippen LogP contribution in [0.2, 0.25) is 0 Å². The number of amides is 2. The lowest BCUT2D eigenvalue weighted by Crippen LogP contribution is -2.32. The first kappa shape index (κ1) is 24.3. The second-order valence-corrected chi connectivity index (χ2v) is 8.39. The van der Waals surface area contributed by atoms with E-state index in [0.717, 1.165) is 10.4 Å². The summed E-state index contributed by atoms with van der Waals surface area (Å²) in [5.41, 5.74) is 2.22. The van der Waals surface area contributed by atoms with Gasteiger partial charge in [-0.3, -0.25) is 14.5 Å². The van der Waals surface area contributed by atoms with Crippen LogP contribution in [0.3, 0.4) is 0 Å². The lowest BCUT2D eigenvalue weighted by atomic mass is 10.2. The highest BCUT2D eigenvalue weighted by Gasteiger charge is 2.13. The highest BCUT2D eigenvalue weighted by molar-refractivity contribution is 7.09. The lowest BCUT2D eigenvalue weighted by Gasteiger charge is -2.21. The van der Waals surface area contributed by atoms with E-state index in [1.807, 2.05) is 47.5 Å². The molecule has 0 aliphatic carbocycles. The Labute approximate surface area is 198 Å². The molecule has 0 saturated carbocycles. The predicted octanol–water partition coefficient (Wildman–Crippen LogP) is 4.16. The van der Waals surface area contributed by atoms with Crippen molar-refractivity contribution in [2.24, 2.45) is 0 Å². The third-order valence-corrected chi connectivity index (χ3v) is 5.91. The minimum atomic E-state index is -0.164. The molecule has 0 radical (unpaired) electrons. The van der Waals surface area contributed by atoms with E-state index < -0.39 is 0 Å². The fraction of sp³-hybridized carbons (Fsp3) is 0.280. The minimum Gasteiger partial charge on any atom is -0.493 e. The van der Waals surface area contributed by atoms with Gasteiger partial charge in [0.2, 0.25) is 5.91 Å². The molecule has 33 heavy (non-hydrogen) atoms. The smallest absolute Gasteiger partial charge is 0.251 e. The van der Waals surface area contributed by atoms with Crippen molar-refractivity contribution in [3.8, 4) is 11.5 Å². The molecule has 0 spiro atoms. The molecule has 0 aliphatic heterocycles. The SMILES string of the molecule is CCN(CC(=O)Nc1ccc(C(=O)NC)cc1)Cc1ccc(OCc2cccs2)c(OC)c1. The first-order valence-corrected chi connectivity index (χ1v) is 11.6. The third kappa shape index (κ3) is 7.06. The Kier molecular flexibility index (Phi) is 8.86. The Morgan fingerprint density at radius 2 is 1.85 bits per heavy atom. The molecule has 0 bridgehead atoms. The van der Waals surface area contributed by atoms with E-state index in [0.29, 0.717) is 42.4 Å². The van der Waals surface area contributed by atoms with Gasteiger partial charge < -0.3 is 20.1 Å². The number of nitrogens with one attached hydrogen (secondary N) is 2. The number of hydrogen-bond acceptors (Lipinski definition) is 6. The molecule has 0 aliphatic rings. The Balaban J connectivity index is 1.56. The van der Waals surface area contributed by atoms with Crippen molar-refractivity contribution in [2.75, 3.05) is 32.6 Å². The third-order valence-electron chi connectivity index (χ3n) is 5.06. The maximum Gasteiger partial charge on any atom is 0.251 e. The number of methoxy groups -OCH3 is 1. The summed E-state index contributed by atoms with van der Waals surface area (Å²) in [4.78, 5) is 27.4. The topological polar surface area (TPSA) is 79.9 Å². The Morgan fingerprint density at radius 3 is 2.48 bits per heavy atom. The van der Waals surface area contributed by atoms with Crippen molar-refractivity contribution in [2.45, 2.75) is 20.1 Å². The van der Waals surface area contributed by atoms with Gasteiger partial charge in [0, 0.05) is 29.7 Å². The van der Waals surface area contributed by atoms with E-state index >= 15 is 0 Å². The number of hydrogen-bond donors (Lipinski definition) is 2. The monoisotopic (exact) mass is 467 g/mol. The van der Waals surface area contributed by atoms with E-state index in [9.17, 15) is 9.59 Å². The number of likely N-dealkylation sites (N-methyl/N-ethyl adjacent to an activating group) is 1. The summed E-state index contributed by atoms with van der Waals surface area (Å²) in [6, 6.07) is 16.7. The standard InChI is InChI=1S/C25H29N3O4S/c1-4-28(16-24(29)27-20-10-8-19(9-11-20)25(30)26-2)15-18-7-12-22(23(14-18)31-3)32-17-21-6-5-13-33-21/h5-14H,4,15-17H2,1-3H3,(H,26,30)(H,27,29). The molecule has 7 nitrogen and oxygen atoms in total. The fourth-order valence-corrected chi connectivity index (χ4v) is 3.88. The van der Waals surface area contributed by atoms with Crippen LogP contribution in [-0.4, -0.2) is 44.0 Å². The first-order valence-electron chi connectivity index (χ1n) is 10.7. The maximum absolute atomic E-state index is 12.5. The number of anilines is 1. The van der Waals surface area contributed by atoms with Gasteiger partial charge in [0.15, 0.2) is 11.5 Å². The van der Waals surface area contributed by atoms with Gasteiger partial charge in [-0.05, 0) is 60.0 Å². The van der Waals surface area contributed by atoms with Crippen LogP contribution in [0, 0.1) is 0 Å². The largest absolute Gasteiger partial charge is 0.493 e. The molecule has 3 rings (SSSR count). The fourth-order valence-electron chi connectivity index (χ4n) is 3.26. The van der Waals surface area contributed by atoms with Gasteiger partial charge in [-0.1, -0.05) is 19.1 Å². The van der Waals surface area contributed by atoms with Gasteiger partial charge in [-0.2, -0.15) is 0 Å². The van der Waals surface area contributed by atoms with Crippen LogP contribution in [0.1, 0.15) is 27.7 Å². The lowest BCUT2D eigenvalue weighted by molar-refractivity contribution is -0.117. The van der Waals surface area contributed by atoms with Crippen LogP contribution in [0.15, 0.2) is 60.0 Å². The van der Waals surface area contributed by atoms with Crippen LogP contribution in [0.25, 0.3) is 0 Å². The number of ether oxygens (including phenoxy) is 2. The van der Waals surface area contributed by atoms with E-state index in [1.54, 1.807) is 49.8 Å². The summed E-state index contributed by atoms with van der Waals surface area (Å²) in [6.45, 7) is 4.07. The molecule has 0 fully saturated rings. The van der Waals surface area contributed by atoms with E-state index in [-0.39, 0.29) is 18.4 Å². The minimum absolute atomic E-state index is 0.118. The molecular weight excluding hydrogens is 438 g/mol. The molecule has 1 aromatic heterocycles. The summed E-state index contributed by atoms with van der Waals surface area (Å²) in [6.07, 6.45) is 0. The van der Waals surface area contributed by atoms with Gasteiger partial charge in [0.05, 0.1) is 13.7 Å². The van der Waals surface area contributed by atoms with Crippen molar-refractivity contribution in [3.63, 3.8) is 0 Å². The van der Waals surface area contributed by atoms with Gasteiger partial charge in [-0.25, -0.2) is 0 Å². The summed E-state index contributed by atoms with van der Waals surface area (Å²) < 4.78 is 11.4. The van der Waals surface area contributed by atoms with E-state index in [4.69, 9.17) is 9.47 Å². The maximum atomic E-state index is 12.5. The first-order chi connectivity index (χ1) is 16.0. The second kappa shape index (κ2) is 12.0. The van der Waals surface area contributed by atoms with Crippen molar-refractivity contribution in [1.29, 1.82) is 0 Å². The molecule has 0 atom stereocenters. The molecule has 2 amide bonds. The van der Waals surface area contributed by atoms with Crippen LogP contribution >= 0.6 is 11.3 Å². The Morgan fingerprint density at radius 1 is 1.06 bits per heavy atom. The Hall–Kier alpha value is -3.36. The molecule has 0 unspecified atom stereocenters. The Bertz CT molecular complexity index is 1050. The molecule has 2 aromatic carbocycles. The zero-order valence-corrected chi connectivity index (χ0v) is 19.9. The number of benzene rings is 2. The molecule has 3 aromatic rings. The number of rotatable bonds is 11. The predicted molar refractivity (Wildman–Crippen MR) is 131 cm³/mol. The zero-order chi connectivity index (χ0) is 23.6. The summed E-state index contributed by atoms with van der Waals surface area (Å²) in [5.74, 6) is 1.08. The van der Waals surface area contributed by atoms with Crippen LogP contribution < -0.4 is 20.1 Å². The van der Waals surface area contributed by atoms with Gasteiger partial charge in [0.1, 0.15) is 6.61 Å². The summed E-state index contributed by atoms with van der Waals surface area (Å²) in [5, 5.41) is 7.48. The average molecular weight is 468 g/mol. The molecule has 174 valence electrons. The van der Waals surface area contributed by atoms with Crippen molar-refractivity contribution in [3.05, 3.63) is 76.0 Å². The zero-order valence-electron chi connectivity index (χ0n) is 19.1. The van der Waals surface area contributed by atoms with Gasteiger partial charge in [0.25, 0.3) is 5.91 Å². The number of thiophene rings is 1. The van der Waals surface area contributed by atoms with Gasteiger partial charge in [-0.15, -0.1) is 11.3 Å². The van der Waals surface area contributed by atoms with Crippen molar-refractivity contribution in [1.82, 2.24) is 10.2 Å². The average Bonchev–Trinajstić information content (AvgIpc) is 3.36. The summed E-state index contributed by atoms with van der Waals surface area (Å²) in [7, 11) is 3.20. The highest BCUT2D eigenvalue weighted by atomic mass is 32.1. The van der Waals surface area contributed by atoms with E-state index in [1.165, 1.54) is 0 Å². The quantitative estimate of drug-likeness (QED) is 0.443. The van der Waals surface area contributed by atoms with Crippen molar-refractivity contribution < 1.29 is 19.1 Å². The van der Waals surface area contributed by atoms with Crippen LogP contribution in [-0.2, 0) is 17.9 Å². The molecule has 0 saturated heterocycles. The molecule has 1 heterocycles. The number of carbonyl (C=O) groups is 2.